The minimum atomic E-state index is -0.132. The highest BCUT2D eigenvalue weighted by molar-refractivity contribution is 6.36. The van der Waals surface area contributed by atoms with Gasteiger partial charge in [0.1, 0.15) is 5.82 Å². The van der Waals surface area contributed by atoms with Crippen LogP contribution in [0.25, 0.3) is 0 Å². The van der Waals surface area contributed by atoms with Gasteiger partial charge in [0.15, 0.2) is 0 Å². The van der Waals surface area contributed by atoms with Crippen LogP contribution in [0.15, 0.2) is 71.0 Å². The Morgan fingerprint density at radius 1 is 1.06 bits per heavy atom. The zero-order chi connectivity index (χ0) is 26.8. The Hall–Kier alpha value is -2.39. The SMILES string of the molecule is C#C.C#C.C=C/C(Cl)=C(\C(Cl)=C/CC)N1CCCCC1=C.CC.CC.Cc1ccccc1F. The zero-order valence-corrected chi connectivity index (χ0v) is 22.8. The number of allylic oxidation sites excluding steroid dienone is 5. The number of aryl methyl sites for hydroxylation is 1. The van der Waals surface area contributed by atoms with Crippen LogP contribution in [0.4, 0.5) is 4.39 Å². The van der Waals surface area contributed by atoms with Crippen molar-refractivity contribution in [1.29, 1.82) is 0 Å². The Morgan fingerprint density at radius 3 is 1.94 bits per heavy atom. The van der Waals surface area contributed by atoms with Crippen molar-refractivity contribution in [3.05, 3.63) is 82.4 Å². The molecule has 0 atom stereocenters. The molecular weight excluding hydrogens is 452 g/mol. The van der Waals surface area contributed by atoms with Crippen LogP contribution in [-0.4, -0.2) is 11.4 Å². The van der Waals surface area contributed by atoms with Crippen LogP contribution in [0, 0.1) is 38.4 Å². The number of terminal acetylenes is 2. The highest BCUT2D eigenvalue weighted by Gasteiger charge is 2.21. The molecule has 0 aliphatic carbocycles. The lowest BCUT2D eigenvalue weighted by Crippen LogP contribution is -2.27. The van der Waals surface area contributed by atoms with E-state index in [-0.39, 0.29) is 5.82 Å². The molecule has 0 spiro atoms. The standard InChI is InChI=1S/C14H19Cl2N.C7H7F.2C2H6.2C2H2/c1-4-8-13(16)14(12(15)5-2)17-10-7-6-9-11(17)3;1-6-4-2-3-5-7(6)8;4*1-2/h5,8H,2-4,6-7,9-10H2,1H3;2-5H,1H3;2*1-2H3;2*1-2H/b13-8+,14-12-;;;;;. The largest absolute Gasteiger partial charge is 0.343 e. The van der Waals surface area contributed by atoms with Crippen LogP contribution < -0.4 is 0 Å². The predicted octanol–water partition coefficient (Wildman–Crippen LogP) is 9.84. The molecule has 33 heavy (non-hydrogen) atoms. The average molecular weight is 495 g/mol. The fraction of sp³-hybridized carbons (Fsp3) is 0.379. The maximum Gasteiger partial charge on any atom is 0.126 e. The molecule has 1 aliphatic rings. The van der Waals surface area contributed by atoms with Gasteiger partial charge in [0.05, 0.1) is 15.8 Å². The van der Waals surface area contributed by atoms with Gasteiger partial charge in [-0.15, -0.1) is 25.7 Å². The fourth-order valence-corrected chi connectivity index (χ4v) is 3.07. The van der Waals surface area contributed by atoms with Crippen molar-refractivity contribution in [3.63, 3.8) is 0 Å². The molecule has 4 heteroatoms. The van der Waals surface area contributed by atoms with Gasteiger partial charge in [0.25, 0.3) is 0 Å². The molecule has 1 aromatic carbocycles. The summed E-state index contributed by atoms with van der Waals surface area (Å²) in [6, 6.07) is 6.70. The summed E-state index contributed by atoms with van der Waals surface area (Å²) >= 11 is 12.5. The monoisotopic (exact) mass is 493 g/mol. The summed E-state index contributed by atoms with van der Waals surface area (Å²) in [6.45, 7) is 20.5. The van der Waals surface area contributed by atoms with Crippen LogP contribution in [-0.2, 0) is 0 Å². The van der Waals surface area contributed by atoms with E-state index in [1.165, 1.54) is 12.5 Å². The van der Waals surface area contributed by atoms with E-state index < -0.39 is 0 Å². The van der Waals surface area contributed by atoms with Gasteiger partial charge in [-0.1, -0.05) is 95.3 Å². The molecular formula is C29H42Cl2FN. The lowest BCUT2D eigenvalue weighted by atomic mass is 10.1. The minimum Gasteiger partial charge on any atom is -0.343 e. The molecule has 0 bridgehead atoms. The molecule has 1 heterocycles. The van der Waals surface area contributed by atoms with Crippen molar-refractivity contribution in [3.8, 4) is 25.7 Å². The number of piperidine rings is 1. The quantitative estimate of drug-likeness (QED) is 0.297. The van der Waals surface area contributed by atoms with Gasteiger partial charge in [0, 0.05) is 12.2 Å². The first-order chi connectivity index (χ1) is 15.9. The molecule has 0 aromatic heterocycles. The highest BCUT2D eigenvalue weighted by atomic mass is 35.5. The summed E-state index contributed by atoms with van der Waals surface area (Å²) in [6.07, 6.45) is 23.8. The molecule has 1 fully saturated rings. The van der Waals surface area contributed by atoms with E-state index in [9.17, 15) is 4.39 Å². The summed E-state index contributed by atoms with van der Waals surface area (Å²) in [7, 11) is 0. The van der Waals surface area contributed by atoms with Crippen molar-refractivity contribution in [2.75, 3.05) is 6.54 Å². The van der Waals surface area contributed by atoms with E-state index in [2.05, 4.69) is 43.8 Å². The van der Waals surface area contributed by atoms with E-state index in [0.29, 0.717) is 15.6 Å². The highest BCUT2D eigenvalue weighted by Crippen LogP contribution is 2.32. The van der Waals surface area contributed by atoms with Crippen LogP contribution in [0.1, 0.15) is 65.9 Å². The Labute approximate surface area is 214 Å². The molecule has 0 radical (unpaired) electrons. The van der Waals surface area contributed by atoms with Crippen LogP contribution >= 0.6 is 23.2 Å². The normalized spacial score (nSPS) is 12.6. The maximum atomic E-state index is 12.3. The lowest BCUT2D eigenvalue weighted by molar-refractivity contribution is 0.361. The summed E-state index contributed by atoms with van der Waals surface area (Å²) in [5.41, 5.74) is 2.62. The predicted molar refractivity (Wildman–Crippen MR) is 151 cm³/mol. The Kier molecular flexibility index (Phi) is 31.7. The van der Waals surface area contributed by atoms with Crippen molar-refractivity contribution >= 4 is 23.2 Å². The second kappa shape index (κ2) is 27.6. The van der Waals surface area contributed by atoms with Crippen LogP contribution in [0.2, 0.25) is 0 Å². The smallest absolute Gasteiger partial charge is 0.126 e. The number of halogens is 3. The molecule has 2 rings (SSSR count). The van der Waals surface area contributed by atoms with E-state index in [1.54, 1.807) is 25.1 Å². The first-order valence-electron chi connectivity index (χ1n) is 11.1. The van der Waals surface area contributed by atoms with Crippen molar-refractivity contribution in [1.82, 2.24) is 4.90 Å². The van der Waals surface area contributed by atoms with E-state index >= 15 is 0 Å². The number of hydrogen-bond acceptors (Lipinski definition) is 1. The van der Waals surface area contributed by atoms with Crippen LogP contribution in [0.3, 0.4) is 0 Å². The zero-order valence-electron chi connectivity index (χ0n) is 21.3. The molecule has 0 unspecified atom stereocenters. The molecule has 1 aromatic rings. The average Bonchev–Trinajstić information content (AvgIpc) is 2.88. The van der Waals surface area contributed by atoms with E-state index in [0.717, 1.165) is 37.2 Å². The van der Waals surface area contributed by atoms with Gasteiger partial charge in [0.2, 0.25) is 0 Å². The second-order valence-electron chi connectivity index (χ2n) is 5.79. The molecule has 1 saturated heterocycles. The fourth-order valence-electron chi connectivity index (χ4n) is 2.46. The number of benzene rings is 1. The minimum absolute atomic E-state index is 0.132. The topological polar surface area (TPSA) is 3.24 Å². The number of likely N-dealkylation sites (tertiary alicyclic amines) is 1. The third-order valence-electron chi connectivity index (χ3n) is 3.84. The third kappa shape index (κ3) is 16.8. The molecule has 0 amide bonds. The molecule has 184 valence electrons. The van der Waals surface area contributed by atoms with Crippen molar-refractivity contribution < 1.29 is 4.39 Å². The molecule has 0 saturated carbocycles. The van der Waals surface area contributed by atoms with Gasteiger partial charge in [-0.05, 0) is 50.3 Å². The van der Waals surface area contributed by atoms with E-state index in [4.69, 9.17) is 23.2 Å². The third-order valence-corrected chi connectivity index (χ3v) is 4.51. The number of nitrogens with zero attached hydrogens (tertiary/aromatic N) is 1. The Morgan fingerprint density at radius 2 is 1.58 bits per heavy atom. The van der Waals surface area contributed by atoms with Gasteiger partial charge in [-0.25, -0.2) is 4.39 Å². The summed E-state index contributed by atoms with van der Waals surface area (Å²) < 4.78 is 12.3. The van der Waals surface area contributed by atoms with Crippen molar-refractivity contribution in [2.24, 2.45) is 0 Å². The summed E-state index contributed by atoms with van der Waals surface area (Å²) in [5, 5.41) is 1.27. The number of hydrogen-bond donors (Lipinski definition) is 0. The number of rotatable bonds is 4. The molecule has 0 N–H and O–H groups in total. The van der Waals surface area contributed by atoms with Gasteiger partial charge in [-0.2, -0.15) is 0 Å². The second-order valence-corrected chi connectivity index (χ2v) is 6.60. The Balaban J connectivity index is -0.000000219. The molecule has 1 aliphatic heterocycles. The van der Waals surface area contributed by atoms with Gasteiger partial charge in [-0.3, -0.25) is 0 Å². The van der Waals surface area contributed by atoms with Gasteiger partial charge >= 0.3 is 0 Å². The van der Waals surface area contributed by atoms with Crippen LogP contribution in [0.5, 0.6) is 0 Å². The Bertz CT molecular complexity index is 715. The maximum absolute atomic E-state index is 12.3. The van der Waals surface area contributed by atoms with E-state index in [1.807, 2.05) is 46.8 Å². The lowest BCUT2D eigenvalue weighted by Gasteiger charge is -2.33. The van der Waals surface area contributed by atoms with Crippen molar-refractivity contribution in [2.45, 2.75) is 67.2 Å². The summed E-state index contributed by atoms with van der Waals surface area (Å²) in [5.74, 6) is -0.132. The molecule has 1 nitrogen and oxygen atoms in total. The first kappa shape index (κ1) is 37.9. The summed E-state index contributed by atoms with van der Waals surface area (Å²) in [4.78, 5) is 2.11. The van der Waals surface area contributed by atoms with Gasteiger partial charge < -0.3 is 4.90 Å². The first-order valence-corrected chi connectivity index (χ1v) is 11.9.